The zero-order chi connectivity index (χ0) is 21.8. The van der Waals surface area contributed by atoms with Crippen molar-refractivity contribution >= 4 is 51.4 Å². The molecule has 4 rings (SSSR count). The van der Waals surface area contributed by atoms with Crippen molar-refractivity contribution in [3.63, 3.8) is 0 Å². The molecule has 0 aliphatic rings. The lowest BCUT2D eigenvalue weighted by atomic mass is 10.1. The van der Waals surface area contributed by atoms with Gasteiger partial charge in [-0.3, -0.25) is 10.1 Å². The van der Waals surface area contributed by atoms with Crippen LogP contribution in [0.3, 0.4) is 0 Å². The van der Waals surface area contributed by atoms with E-state index in [1.165, 1.54) is 11.3 Å². The highest BCUT2D eigenvalue weighted by molar-refractivity contribution is 7.15. The van der Waals surface area contributed by atoms with Gasteiger partial charge < -0.3 is 9.47 Å². The molecule has 0 radical (unpaired) electrons. The number of thiazole rings is 1. The maximum atomic E-state index is 12.3. The average molecular weight is 477 g/mol. The first-order valence-corrected chi connectivity index (χ1v) is 11.0. The van der Waals surface area contributed by atoms with E-state index in [-0.39, 0.29) is 18.3 Å². The number of ether oxygens (including phenoxy) is 2. The van der Waals surface area contributed by atoms with Crippen LogP contribution in [0.2, 0.25) is 10.0 Å². The molecule has 2 heterocycles. The normalized spacial score (nSPS) is 10.9. The number of fused-ring (bicyclic) bond motifs is 1. The summed E-state index contributed by atoms with van der Waals surface area (Å²) >= 11 is 13.4. The molecule has 1 amide bonds. The standard InChI is InChI=1S/C21H18Cl2N4O3S/c1-29-17-6-3-2-5-14(17)16-12-31-21-25-20(26-27(16)21)24-19(28)7-4-10-30-18-9-8-13(22)11-15(18)23/h2-3,5-6,8-9,11-12H,4,7,10H2,1H3,(H,24,26,28). The van der Waals surface area contributed by atoms with Gasteiger partial charge >= 0.3 is 0 Å². The number of aromatic nitrogens is 3. The molecule has 1 N–H and O–H groups in total. The number of anilines is 1. The first kappa shape index (κ1) is 21.4. The van der Waals surface area contributed by atoms with E-state index in [0.717, 1.165) is 17.0 Å². The second-order valence-corrected chi connectivity index (χ2v) is 8.21. The van der Waals surface area contributed by atoms with Gasteiger partial charge in [0.25, 0.3) is 0 Å². The molecular weight excluding hydrogens is 459 g/mol. The summed E-state index contributed by atoms with van der Waals surface area (Å²) in [6, 6.07) is 12.7. The second kappa shape index (κ2) is 9.55. The smallest absolute Gasteiger partial charge is 0.250 e. The highest BCUT2D eigenvalue weighted by Crippen LogP contribution is 2.32. The van der Waals surface area contributed by atoms with Crippen molar-refractivity contribution in [3.8, 4) is 22.8 Å². The number of nitrogens with one attached hydrogen (secondary N) is 1. The Morgan fingerprint density at radius 3 is 2.84 bits per heavy atom. The van der Waals surface area contributed by atoms with Crippen molar-refractivity contribution in [2.75, 3.05) is 19.0 Å². The number of hydrogen-bond acceptors (Lipinski definition) is 6. The topological polar surface area (TPSA) is 77.8 Å². The van der Waals surface area contributed by atoms with Crippen molar-refractivity contribution < 1.29 is 14.3 Å². The summed E-state index contributed by atoms with van der Waals surface area (Å²) in [6.07, 6.45) is 0.775. The van der Waals surface area contributed by atoms with Crippen molar-refractivity contribution in [3.05, 3.63) is 57.9 Å². The monoisotopic (exact) mass is 476 g/mol. The molecule has 0 unspecified atom stereocenters. The van der Waals surface area contributed by atoms with Gasteiger partial charge in [0.15, 0.2) is 0 Å². The molecule has 4 aromatic rings. The van der Waals surface area contributed by atoms with Gasteiger partial charge in [-0.1, -0.05) is 35.3 Å². The van der Waals surface area contributed by atoms with E-state index in [1.54, 1.807) is 29.8 Å². The molecule has 0 saturated carbocycles. The molecule has 0 saturated heterocycles. The molecule has 2 aromatic heterocycles. The minimum atomic E-state index is -0.192. The van der Waals surface area contributed by atoms with Gasteiger partial charge in [0.1, 0.15) is 11.5 Å². The van der Waals surface area contributed by atoms with Crippen LogP contribution in [0, 0.1) is 0 Å². The second-order valence-electron chi connectivity index (χ2n) is 6.53. The Balaban J connectivity index is 1.35. The maximum absolute atomic E-state index is 12.3. The lowest BCUT2D eigenvalue weighted by Crippen LogP contribution is -2.14. The van der Waals surface area contributed by atoms with E-state index in [1.807, 2.05) is 29.6 Å². The lowest BCUT2D eigenvalue weighted by Gasteiger charge is -2.08. The Bertz CT molecular complexity index is 1220. The first-order chi connectivity index (χ1) is 15.0. The zero-order valence-corrected chi connectivity index (χ0v) is 18.8. The SMILES string of the molecule is COc1ccccc1-c1csc2nc(NC(=O)CCCOc3ccc(Cl)cc3Cl)nn12. The van der Waals surface area contributed by atoms with Crippen LogP contribution in [0.1, 0.15) is 12.8 Å². The Morgan fingerprint density at radius 2 is 2.03 bits per heavy atom. The number of amides is 1. The number of hydrogen-bond donors (Lipinski definition) is 1. The molecule has 0 aliphatic heterocycles. The van der Waals surface area contributed by atoms with Crippen LogP contribution in [0.25, 0.3) is 16.2 Å². The summed E-state index contributed by atoms with van der Waals surface area (Å²) in [5, 5.41) is 10.1. The number of methoxy groups -OCH3 is 1. The van der Waals surface area contributed by atoms with E-state index < -0.39 is 0 Å². The fourth-order valence-electron chi connectivity index (χ4n) is 2.97. The highest BCUT2D eigenvalue weighted by Gasteiger charge is 2.15. The van der Waals surface area contributed by atoms with E-state index >= 15 is 0 Å². The predicted molar refractivity (Wildman–Crippen MR) is 123 cm³/mol. The quantitative estimate of drug-likeness (QED) is 0.336. The van der Waals surface area contributed by atoms with E-state index in [0.29, 0.717) is 33.8 Å². The number of carbonyl (C=O) groups is 1. The molecule has 0 aliphatic carbocycles. The highest BCUT2D eigenvalue weighted by atomic mass is 35.5. The van der Waals surface area contributed by atoms with Crippen LogP contribution in [0.5, 0.6) is 11.5 Å². The van der Waals surface area contributed by atoms with Gasteiger partial charge in [0.2, 0.25) is 16.8 Å². The third-order valence-electron chi connectivity index (χ3n) is 4.42. The molecule has 31 heavy (non-hydrogen) atoms. The third kappa shape index (κ3) is 4.92. The van der Waals surface area contributed by atoms with Crippen molar-refractivity contribution in [2.45, 2.75) is 12.8 Å². The Hall–Kier alpha value is -2.81. The van der Waals surface area contributed by atoms with Crippen LogP contribution in [0.4, 0.5) is 5.95 Å². The summed E-state index contributed by atoms with van der Waals surface area (Å²) in [4.78, 5) is 17.3. The van der Waals surface area contributed by atoms with Gasteiger partial charge in [-0.15, -0.1) is 16.4 Å². The van der Waals surface area contributed by atoms with Gasteiger partial charge in [-0.2, -0.15) is 4.98 Å². The molecule has 0 bridgehead atoms. The molecular formula is C21H18Cl2N4O3S. The summed E-state index contributed by atoms with van der Waals surface area (Å²) in [7, 11) is 1.62. The van der Waals surface area contributed by atoms with Crippen molar-refractivity contribution in [2.24, 2.45) is 0 Å². The van der Waals surface area contributed by atoms with Gasteiger partial charge in [0.05, 0.1) is 24.4 Å². The van der Waals surface area contributed by atoms with Crippen molar-refractivity contribution in [1.29, 1.82) is 0 Å². The van der Waals surface area contributed by atoms with Gasteiger partial charge in [0, 0.05) is 22.4 Å². The van der Waals surface area contributed by atoms with E-state index in [2.05, 4.69) is 15.4 Å². The number of halogens is 2. The van der Waals surface area contributed by atoms with Crippen LogP contribution in [0.15, 0.2) is 47.8 Å². The molecule has 0 spiro atoms. The van der Waals surface area contributed by atoms with Gasteiger partial charge in [-0.25, -0.2) is 4.52 Å². The molecule has 160 valence electrons. The number of carbonyl (C=O) groups excluding carboxylic acids is 1. The molecule has 0 atom stereocenters. The lowest BCUT2D eigenvalue weighted by molar-refractivity contribution is -0.116. The summed E-state index contributed by atoms with van der Waals surface area (Å²) < 4.78 is 12.7. The van der Waals surface area contributed by atoms with Crippen LogP contribution >= 0.6 is 34.5 Å². The van der Waals surface area contributed by atoms with Gasteiger partial charge in [-0.05, 0) is 36.8 Å². The largest absolute Gasteiger partial charge is 0.496 e. The number of para-hydroxylation sites is 1. The zero-order valence-electron chi connectivity index (χ0n) is 16.5. The van der Waals surface area contributed by atoms with Crippen LogP contribution in [-0.4, -0.2) is 34.2 Å². The molecule has 0 fully saturated rings. The summed E-state index contributed by atoms with van der Waals surface area (Å²) in [5.41, 5.74) is 1.75. The summed E-state index contributed by atoms with van der Waals surface area (Å²) in [6.45, 7) is 0.346. The van der Waals surface area contributed by atoms with E-state index in [9.17, 15) is 4.79 Å². The van der Waals surface area contributed by atoms with E-state index in [4.69, 9.17) is 32.7 Å². The maximum Gasteiger partial charge on any atom is 0.250 e. The Kier molecular flexibility index (Phi) is 6.60. The third-order valence-corrected chi connectivity index (χ3v) is 5.76. The number of rotatable bonds is 8. The summed E-state index contributed by atoms with van der Waals surface area (Å²) in [5.74, 6) is 1.34. The molecule has 7 nitrogen and oxygen atoms in total. The first-order valence-electron chi connectivity index (χ1n) is 9.40. The Morgan fingerprint density at radius 1 is 1.19 bits per heavy atom. The number of nitrogens with zero attached hydrogens (tertiary/aromatic N) is 3. The minimum Gasteiger partial charge on any atom is -0.496 e. The molecule has 2 aromatic carbocycles. The Labute approximate surface area is 192 Å². The average Bonchev–Trinajstić information content (AvgIpc) is 3.32. The fourth-order valence-corrected chi connectivity index (χ4v) is 4.26. The van der Waals surface area contributed by atoms with Crippen LogP contribution in [-0.2, 0) is 4.79 Å². The van der Waals surface area contributed by atoms with Crippen molar-refractivity contribution in [1.82, 2.24) is 14.6 Å². The fraction of sp³-hybridized carbons (Fsp3) is 0.190. The minimum absolute atomic E-state index is 0.192. The number of benzene rings is 2. The van der Waals surface area contributed by atoms with Crippen LogP contribution < -0.4 is 14.8 Å². The molecule has 10 heteroatoms. The predicted octanol–water partition coefficient (Wildman–Crippen LogP) is 5.57.